The molecular formula is C44H62F4N2O3. The van der Waals surface area contributed by atoms with Crippen molar-refractivity contribution in [3.63, 3.8) is 0 Å². The van der Waals surface area contributed by atoms with E-state index in [0.717, 1.165) is 72.1 Å². The summed E-state index contributed by atoms with van der Waals surface area (Å²) in [4.78, 5) is 23.5. The van der Waals surface area contributed by atoms with E-state index in [4.69, 9.17) is 10.2 Å². The Morgan fingerprint density at radius 2 is 1.51 bits per heavy atom. The van der Waals surface area contributed by atoms with Gasteiger partial charge in [0.05, 0.1) is 5.56 Å². The Hall–Kier alpha value is -3.20. The van der Waals surface area contributed by atoms with E-state index in [-0.39, 0.29) is 11.9 Å². The van der Waals surface area contributed by atoms with E-state index in [2.05, 4.69) is 38.2 Å². The highest BCUT2D eigenvalue weighted by atomic mass is 19.2. The number of rotatable bonds is 5. The molecule has 3 aromatic rings. The molecule has 0 amide bonds. The lowest BCUT2D eigenvalue weighted by Crippen LogP contribution is -2.53. The summed E-state index contributed by atoms with van der Waals surface area (Å²) >= 11 is 0. The SMILES string of the molecule is CC.CC.CNc1ccc2c(CCN)c(C3CCC4(C)C(CCC5C6CCC(C)C6(C)CCC54)C3)c(=O)oc2c1.Cc1c(F)c(F)c(C=O)c(F)c1F. The number of hydrogen-bond donors (Lipinski definition) is 2. The van der Waals surface area contributed by atoms with Crippen LogP contribution >= 0.6 is 0 Å². The molecule has 5 nitrogen and oxygen atoms in total. The van der Waals surface area contributed by atoms with Gasteiger partial charge in [-0.15, -0.1) is 0 Å². The van der Waals surface area contributed by atoms with Crippen LogP contribution in [0.3, 0.4) is 0 Å². The van der Waals surface area contributed by atoms with Crippen molar-refractivity contribution >= 4 is 22.9 Å². The van der Waals surface area contributed by atoms with Crippen molar-refractivity contribution in [2.24, 2.45) is 46.2 Å². The van der Waals surface area contributed by atoms with E-state index in [1.807, 2.05) is 40.8 Å². The van der Waals surface area contributed by atoms with E-state index in [1.165, 1.54) is 44.9 Å². The number of nitrogens with two attached hydrogens (primary N) is 1. The first kappa shape index (κ1) is 42.5. The molecule has 0 saturated heterocycles. The second kappa shape index (κ2) is 17.5. The molecule has 8 atom stereocenters. The third-order valence-corrected chi connectivity index (χ3v) is 13.9. The van der Waals surface area contributed by atoms with Gasteiger partial charge in [-0.05, 0) is 142 Å². The Labute approximate surface area is 313 Å². The summed E-state index contributed by atoms with van der Waals surface area (Å²) in [6.07, 6.45) is 12.4. The molecule has 8 unspecified atom stereocenters. The molecule has 3 N–H and O–H groups in total. The van der Waals surface area contributed by atoms with Gasteiger partial charge in [0.2, 0.25) is 0 Å². The standard InChI is InChI=1S/C32H46N2O2.C8H4F4O.2C2H6/c1-19-5-10-26-25-8-6-21-17-20(11-14-32(21,3)27(25)12-15-31(19,26)2)29-24(13-16-33)23-9-7-22(34-4)18-28(23)36-30(29)35;1-3-5(9)7(11)4(2-13)8(12)6(3)10;2*1-2/h7,9,18-21,25-27,34H,5-6,8,10-17,33H2,1-4H3;2H,1H3;2*1-2H3. The second-order valence-corrected chi connectivity index (χ2v) is 15.8. The van der Waals surface area contributed by atoms with Gasteiger partial charge in [-0.25, -0.2) is 22.4 Å². The first-order chi connectivity index (χ1) is 25.3. The molecule has 2 aromatic carbocycles. The van der Waals surface area contributed by atoms with Gasteiger partial charge in [0.1, 0.15) is 5.58 Å². The van der Waals surface area contributed by atoms with Gasteiger partial charge in [0.25, 0.3) is 0 Å². The average Bonchev–Trinajstić information content (AvgIpc) is 3.48. The van der Waals surface area contributed by atoms with Crippen LogP contribution in [-0.2, 0) is 6.42 Å². The number of halogens is 4. The first-order valence-electron chi connectivity index (χ1n) is 20.1. The van der Waals surface area contributed by atoms with Crippen molar-refractivity contribution in [2.45, 2.75) is 126 Å². The number of nitrogens with one attached hydrogen (secondary N) is 1. The van der Waals surface area contributed by atoms with Gasteiger partial charge in [-0.1, -0.05) is 48.5 Å². The molecule has 4 fully saturated rings. The molecule has 7 rings (SSSR count). The van der Waals surface area contributed by atoms with Gasteiger partial charge < -0.3 is 15.5 Å². The number of benzene rings is 2. The van der Waals surface area contributed by atoms with Crippen LogP contribution in [0.25, 0.3) is 11.0 Å². The fourth-order valence-electron chi connectivity index (χ4n) is 10.9. The lowest BCUT2D eigenvalue weighted by Gasteiger charge is -2.61. The Balaban J connectivity index is 0.000000311. The molecule has 9 heteroatoms. The molecule has 4 saturated carbocycles. The second-order valence-electron chi connectivity index (χ2n) is 15.8. The highest BCUT2D eigenvalue weighted by Gasteiger charge is 2.59. The van der Waals surface area contributed by atoms with Crippen LogP contribution in [0.1, 0.15) is 139 Å². The molecule has 1 heterocycles. The Morgan fingerprint density at radius 3 is 2.11 bits per heavy atom. The number of anilines is 1. The van der Waals surface area contributed by atoms with Crippen molar-refractivity contribution in [1.82, 2.24) is 0 Å². The van der Waals surface area contributed by atoms with Crippen LogP contribution in [0.15, 0.2) is 27.4 Å². The molecule has 53 heavy (non-hydrogen) atoms. The molecule has 0 aliphatic heterocycles. The van der Waals surface area contributed by atoms with Crippen LogP contribution in [0.2, 0.25) is 0 Å². The van der Waals surface area contributed by atoms with Crippen LogP contribution < -0.4 is 16.7 Å². The van der Waals surface area contributed by atoms with Crippen molar-refractivity contribution in [1.29, 1.82) is 0 Å². The van der Waals surface area contributed by atoms with E-state index in [1.54, 1.807) is 0 Å². The number of aldehydes is 1. The fraction of sp³-hybridized carbons (Fsp3) is 0.636. The summed E-state index contributed by atoms with van der Waals surface area (Å²) in [6.45, 7) is 17.2. The number of carbonyl (C=O) groups excluding carboxylic acids is 1. The molecule has 294 valence electrons. The summed E-state index contributed by atoms with van der Waals surface area (Å²) in [5, 5.41) is 4.22. The number of hydrogen-bond acceptors (Lipinski definition) is 5. The first-order valence-corrected chi connectivity index (χ1v) is 20.1. The third kappa shape index (κ3) is 7.57. The maximum absolute atomic E-state index is 13.5. The van der Waals surface area contributed by atoms with Gasteiger partial charge in [0, 0.05) is 35.3 Å². The van der Waals surface area contributed by atoms with Crippen LogP contribution in [0.5, 0.6) is 0 Å². The van der Waals surface area contributed by atoms with E-state index in [0.29, 0.717) is 34.8 Å². The van der Waals surface area contributed by atoms with Gasteiger partial charge in [0.15, 0.2) is 29.6 Å². The minimum Gasteiger partial charge on any atom is -0.422 e. The quantitative estimate of drug-likeness (QED) is 0.118. The summed E-state index contributed by atoms with van der Waals surface area (Å²) in [7, 11) is 1.89. The molecule has 4 aliphatic rings. The van der Waals surface area contributed by atoms with Crippen LogP contribution in [0, 0.1) is 70.6 Å². The molecule has 0 bridgehead atoms. The summed E-state index contributed by atoms with van der Waals surface area (Å²) in [5.74, 6) is -1.77. The van der Waals surface area contributed by atoms with Gasteiger partial charge >= 0.3 is 5.63 Å². The van der Waals surface area contributed by atoms with Gasteiger partial charge in [-0.2, -0.15) is 0 Å². The highest BCUT2D eigenvalue weighted by Crippen LogP contribution is 2.68. The maximum Gasteiger partial charge on any atom is 0.340 e. The Morgan fingerprint density at radius 1 is 0.887 bits per heavy atom. The van der Waals surface area contributed by atoms with Crippen molar-refractivity contribution < 1.29 is 26.8 Å². The Bertz CT molecular complexity index is 1780. The molecule has 0 spiro atoms. The highest BCUT2D eigenvalue weighted by molar-refractivity contribution is 5.84. The fourth-order valence-corrected chi connectivity index (χ4v) is 10.9. The van der Waals surface area contributed by atoms with E-state index < -0.39 is 34.4 Å². The maximum atomic E-state index is 13.5. The molecule has 4 aliphatic carbocycles. The summed E-state index contributed by atoms with van der Waals surface area (Å²) in [6, 6.07) is 6.13. The minimum atomic E-state index is -1.66. The van der Waals surface area contributed by atoms with Crippen molar-refractivity contribution in [2.75, 3.05) is 18.9 Å². The van der Waals surface area contributed by atoms with E-state index >= 15 is 0 Å². The monoisotopic (exact) mass is 742 g/mol. The van der Waals surface area contributed by atoms with E-state index in [9.17, 15) is 27.2 Å². The van der Waals surface area contributed by atoms with Crippen LogP contribution in [0.4, 0.5) is 23.2 Å². The predicted octanol–water partition coefficient (Wildman–Crippen LogP) is 11.5. The summed E-state index contributed by atoms with van der Waals surface area (Å²) in [5.41, 5.74) is 8.67. The van der Waals surface area contributed by atoms with Crippen molar-refractivity contribution in [3.8, 4) is 0 Å². The lowest BCUT2D eigenvalue weighted by molar-refractivity contribution is -0.112. The van der Waals surface area contributed by atoms with Crippen molar-refractivity contribution in [3.05, 3.63) is 74.1 Å². The zero-order chi connectivity index (χ0) is 39.4. The van der Waals surface area contributed by atoms with Crippen LogP contribution in [-0.4, -0.2) is 19.9 Å². The van der Waals surface area contributed by atoms with Gasteiger partial charge in [-0.3, -0.25) is 4.79 Å². The Kier molecular flexibility index (Phi) is 14.1. The topological polar surface area (TPSA) is 85.3 Å². The minimum absolute atomic E-state index is 0.130. The lowest BCUT2D eigenvalue weighted by atomic mass is 9.44. The third-order valence-electron chi connectivity index (χ3n) is 13.9. The predicted molar refractivity (Wildman–Crippen MR) is 208 cm³/mol. The normalized spacial score (nSPS) is 29.8. The molecular weight excluding hydrogens is 680 g/mol. The average molecular weight is 743 g/mol. The number of carbonyl (C=O) groups is 1. The molecule has 0 radical (unpaired) electrons. The zero-order valence-electron chi connectivity index (χ0n) is 33.4. The largest absolute Gasteiger partial charge is 0.422 e. The summed E-state index contributed by atoms with van der Waals surface area (Å²) < 4.78 is 56.7. The molecule has 1 aromatic heterocycles. The zero-order valence-corrected chi connectivity index (χ0v) is 33.4. The number of fused-ring (bicyclic) bond motifs is 6. The smallest absolute Gasteiger partial charge is 0.340 e.